The highest BCUT2D eigenvalue weighted by Crippen LogP contribution is 2.25. The van der Waals surface area contributed by atoms with E-state index in [2.05, 4.69) is 10.3 Å². The van der Waals surface area contributed by atoms with Crippen LogP contribution in [0.4, 0.5) is 11.4 Å². The van der Waals surface area contributed by atoms with Gasteiger partial charge >= 0.3 is 0 Å². The van der Waals surface area contributed by atoms with Crippen molar-refractivity contribution in [1.82, 2.24) is 4.98 Å². The monoisotopic (exact) mass is 365 g/mol. The topological polar surface area (TPSA) is 79.4 Å². The molecule has 24 heavy (non-hydrogen) atoms. The molecule has 128 valence electrons. The first-order chi connectivity index (χ1) is 11.4. The van der Waals surface area contributed by atoms with E-state index in [9.17, 15) is 13.2 Å². The Morgan fingerprint density at radius 1 is 1.21 bits per heavy atom. The average molecular weight is 365 g/mol. The zero-order valence-corrected chi connectivity index (χ0v) is 15.2. The molecule has 0 atom stereocenters. The maximum Gasteiger partial charge on any atom is 0.267 e. The van der Waals surface area contributed by atoms with Crippen LogP contribution in [0.1, 0.15) is 33.2 Å². The second-order valence-corrected chi connectivity index (χ2v) is 8.96. The van der Waals surface area contributed by atoms with Crippen molar-refractivity contribution in [3.63, 3.8) is 0 Å². The molecular formula is C16H19N3O3S2. The van der Waals surface area contributed by atoms with Crippen LogP contribution in [0.5, 0.6) is 0 Å². The number of thiazole rings is 1. The second-order valence-electron chi connectivity index (χ2n) is 5.74. The first-order valence-electron chi connectivity index (χ1n) is 7.73. The highest BCUT2D eigenvalue weighted by Gasteiger charge is 2.25. The Labute approximate surface area is 145 Å². The standard InChI is InChI=1S/C16H19N3O3S2/c1-11-15(23-12(2)17-11)16(20)18-13-5-7-14(8-6-13)19-9-3-4-10-24(19,21)22/h5-8H,3-4,9-10H2,1-2H3,(H,18,20). The number of carbonyl (C=O) groups is 1. The van der Waals surface area contributed by atoms with Crippen LogP contribution >= 0.6 is 11.3 Å². The number of aromatic nitrogens is 1. The lowest BCUT2D eigenvalue weighted by Gasteiger charge is -2.28. The van der Waals surface area contributed by atoms with Gasteiger partial charge in [0.2, 0.25) is 10.0 Å². The van der Waals surface area contributed by atoms with Gasteiger partial charge in [0.05, 0.1) is 22.1 Å². The highest BCUT2D eigenvalue weighted by atomic mass is 32.2. The molecule has 0 radical (unpaired) electrons. The fourth-order valence-electron chi connectivity index (χ4n) is 2.72. The molecule has 1 N–H and O–H groups in total. The zero-order valence-electron chi connectivity index (χ0n) is 13.6. The highest BCUT2D eigenvalue weighted by molar-refractivity contribution is 7.92. The molecule has 0 spiro atoms. The van der Waals surface area contributed by atoms with Crippen LogP contribution in [0.2, 0.25) is 0 Å². The zero-order chi connectivity index (χ0) is 17.3. The third-order valence-corrected chi connectivity index (χ3v) is 6.81. The summed E-state index contributed by atoms with van der Waals surface area (Å²) >= 11 is 1.36. The molecule has 1 aliphatic rings. The van der Waals surface area contributed by atoms with Gasteiger partial charge in [0.25, 0.3) is 5.91 Å². The van der Waals surface area contributed by atoms with Crippen LogP contribution in [0.25, 0.3) is 0 Å². The Hall–Kier alpha value is -1.93. The molecule has 1 fully saturated rings. The largest absolute Gasteiger partial charge is 0.321 e. The number of hydrogen-bond acceptors (Lipinski definition) is 5. The lowest BCUT2D eigenvalue weighted by molar-refractivity contribution is 0.103. The van der Waals surface area contributed by atoms with Crippen LogP contribution in [0, 0.1) is 13.8 Å². The van der Waals surface area contributed by atoms with Gasteiger partial charge in [0, 0.05) is 12.2 Å². The first-order valence-corrected chi connectivity index (χ1v) is 10.2. The van der Waals surface area contributed by atoms with Crippen molar-refractivity contribution in [2.45, 2.75) is 26.7 Å². The second kappa shape index (κ2) is 6.52. The summed E-state index contributed by atoms with van der Waals surface area (Å²) in [5.41, 5.74) is 1.98. The smallest absolute Gasteiger partial charge is 0.267 e. The summed E-state index contributed by atoms with van der Waals surface area (Å²) in [5.74, 6) is -0.00776. The van der Waals surface area contributed by atoms with E-state index in [1.165, 1.54) is 15.6 Å². The van der Waals surface area contributed by atoms with E-state index in [1.54, 1.807) is 24.3 Å². The summed E-state index contributed by atoms with van der Waals surface area (Å²) in [6, 6.07) is 6.90. The lowest BCUT2D eigenvalue weighted by Crippen LogP contribution is -2.37. The maximum atomic E-state index is 12.3. The average Bonchev–Trinajstić information content (AvgIpc) is 2.87. The molecule has 8 heteroatoms. The summed E-state index contributed by atoms with van der Waals surface area (Å²) in [6.45, 7) is 4.18. The minimum atomic E-state index is -3.22. The fraction of sp³-hybridized carbons (Fsp3) is 0.375. The summed E-state index contributed by atoms with van der Waals surface area (Å²) in [6.07, 6.45) is 1.57. The number of amides is 1. The number of nitrogens with zero attached hydrogens (tertiary/aromatic N) is 2. The number of anilines is 2. The van der Waals surface area contributed by atoms with Gasteiger partial charge in [-0.2, -0.15) is 0 Å². The molecule has 3 rings (SSSR count). The number of nitrogens with one attached hydrogen (secondary N) is 1. The molecule has 2 heterocycles. The molecular weight excluding hydrogens is 346 g/mol. The van der Waals surface area contributed by atoms with Crippen LogP contribution in [-0.4, -0.2) is 31.6 Å². The summed E-state index contributed by atoms with van der Waals surface area (Å²) < 4.78 is 25.7. The van der Waals surface area contributed by atoms with Crippen LogP contribution in [0.3, 0.4) is 0 Å². The number of benzene rings is 1. The van der Waals surface area contributed by atoms with E-state index < -0.39 is 10.0 Å². The molecule has 0 aliphatic carbocycles. The predicted molar refractivity (Wildman–Crippen MR) is 96.4 cm³/mol. The van der Waals surface area contributed by atoms with E-state index in [0.717, 1.165) is 11.4 Å². The van der Waals surface area contributed by atoms with Gasteiger partial charge in [-0.25, -0.2) is 13.4 Å². The minimum Gasteiger partial charge on any atom is -0.321 e. The van der Waals surface area contributed by atoms with Crippen molar-refractivity contribution in [2.24, 2.45) is 0 Å². The molecule has 6 nitrogen and oxygen atoms in total. The third-order valence-electron chi connectivity index (χ3n) is 3.87. The predicted octanol–water partition coefficient (Wildman–Crippen LogP) is 2.94. The number of rotatable bonds is 3. The quantitative estimate of drug-likeness (QED) is 0.907. The molecule has 2 aromatic rings. The molecule has 1 amide bonds. The third kappa shape index (κ3) is 3.44. The van der Waals surface area contributed by atoms with Crippen molar-refractivity contribution in [3.8, 4) is 0 Å². The van der Waals surface area contributed by atoms with E-state index in [0.29, 0.717) is 34.9 Å². The molecule has 1 saturated heterocycles. The molecule has 0 saturated carbocycles. The van der Waals surface area contributed by atoms with Crippen LogP contribution in [-0.2, 0) is 10.0 Å². The van der Waals surface area contributed by atoms with E-state index in [-0.39, 0.29) is 11.7 Å². The van der Waals surface area contributed by atoms with Gasteiger partial charge in [-0.3, -0.25) is 9.10 Å². The fourth-order valence-corrected chi connectivity index (χ4v) is 5.17. The normalized spacial score (nSPS) is 16.8. The van der Waals surface area contributed by atoms with Crippen molar-refractivity contribution >= 4 is 38.6 Å². The SMILES string of the molecule is Cc1nc(C)c(C(=O)Nc2ccc(N3CCCCS3(=O)=O)cc2)s1. The van der Waals surface area contributed by atoms with Crippen LogP contribution < -0.4 is 9.62 Å². The Bertz CT molecular complexity index is 857. The van der Waals surface area contributed by atoms with Gasteiger partial charge in [-0.15, -0.1) is 11.3 Å². The van der Waals surface area contributed by atoms with Gasteiger partial charge in [-0.1, -0.05) is 0 Å². The van der Waals surface area contributed by atoms with Crippen LogP contribution in [0.15, 0.2) is 24.3 Å². The Morgan fingerprint density at radius 2 is 1.92 bits per heavy atom. The Morgan fingerprint density at radius 3 is 2.50 bits per heavy atom. The van der Waals surface area contributed by atoms with E-state index in [1.807, 2.05) is 13.8 Å². The van der Waals surface area contributed by atoms with E-state index in [4.69, 9.17) is 0 Å². The number of sulfonamides is 1. The van der Waals surface area contributed by atoms with Gasteiger partial charge in [0.1, 0.15) is 4.88 Å². The summed E-state index contributed by atoms with van der Waals surface area (Å²) in [5, 5.41) is 3.68. The van der Waals surface area contributed by atoms with Crippen molar-refractivity contribution in [3.05, 3.63) is 39.8 Å². The van der Waals surface area contributed by atoms with Crippen molar-refractivity contribution in [1.29, 1.82) is 0 Å². The summed E-state index contributed by atoms with van der Waals surface area (Å²) in [7, 11) is -3.22. The molecule has 0 bridgehead atoms. The number of hydrogen-bond donors (Lipinski definition) is 1. The minimum absolute atomic E-state index is 0.190. The van der Waals surface area contributed by atoms with E-state index >= 15 is 0 Å². The maximum absolute atomic E-state index is 12.3. The molecule has 1 aromatic carbocycles. The summed E-state index contributed by atoms with van der Waals surface area (Å²) in [4.78, 5) is 17.1. The lowest BCUT2D eigenvalue weighted by atomic mass is 10.2. The number of aryl methyl sites for hydroxylation is 2. The molecule has 1 aliphatic heterocycles. The van der Waals surface area contributed by atoms with Gasteiger partial charge in [-0.05, 0) is 51.0 Å². The van der Waals surface area contributed by atoms with Gasteiger partial charge in [0.15, 0.2) is 0 Å². The first kappa shape index (κ1) is 16.9. The molecule has 1 aromatic heterocycles. The molecule has 0 unspecified atom stereocenters. The Kier molecular flexibility index (Phi) is 4.60. The van der Waals surface area contributed by atoms with Crippen molar-refractivity contribution < 1.29 is 13.2 Å². The number of carbonyl (C=O) groups excluding carboxylic acids is 1. The van der Waals surface area contributed by atoms with Crippen molar-refractivity contribution in [2.75, 3.05) is 21.9 Å². The Balaban J connectivity index is 1.75. The van der Waals surface area contributed by atoms with Gasteiger partial charge < -0.3 is 5.32 Å².